The van der Waals surface area contributed by atoms with Crippen LogP contribution in [0.15, 0.2) is 53.3 Å². The molecule has 8 nitrogen and oxygen atoms in total. The van der Waals surface area contributed by atoms with E-state index in [-0.39, 0.29) is 11.8 Å². The molecule has 0 radical (unpaired) electrons. The van der Waals surface area contributed by atoms with E-state index in [9.17, 15) is 4.79 Å². The molecule has 1 atom stereocenters. The van der Waals surface area contributed by atoms with Crippen LogP contribution < -0.4 is 10.2 Å². The van der Waals surface area contributed by atoms with Gasteiger partial charge in [-0.1, -0.05) is 17.3 Å². The van der Waals surface area contributed by atoms with E-state index < -0.39 is 0 Å². The highest BCUT2D eigenvalue weighted by Crippen LogP contribution is 2.20. The molecular weight excluding hydrogens is 392 g/mol. The van der Waals surface area contributed by atoms with Crippen molar-refractivity contribution >= 4 is 11.6 Å². The molecule has 1 amide bonds. The summed E-state index contributed by atoms with van der Waals surface area (Å²) in [6.07, 6.45) is 4.16. The summed E-state index contributed by atoms with van der Waals surface area (Å²) in [5.41, 5.74) is 3.30. The molecule has 0 saturated carbocycles. The van der Waals surface area contributed by atoms with Crippen molar-refractivity contribution in [3.05, 3.63) is 60.2 Å². The monoisotopic (exact) mass is 420 g/mol. The van der Waals surface area contributed by atoms with E-state index in [1.165, 1.54) is 11.3 Å². The number of carbonyl (C=O) groups excluding carboxylic acids is 1. The summed E-state index contributed by atoms with van der Waals surface area (Å²) in [6, 6.07) is 12.7. The first-order valence-corrected chi connectivity index (χ1v) is 10.7. The van der Waals surface area contributed by atoms with Crippen molar-refractivity contribution in [1.82, 2.24) is 25.3 Å². The minimum absolute atomic E-state index is 0.0287. The molecule has 1 N–H and O–H groups in total. The van der Waals surface area contributed by atoms with Gasteiger partial charge in [0, 0.05) is 62.4 Å². The summed E-state index contributed by atoms with van der Waals surface area (Å²) >= 11 is 0. The van der Waals surface area contributed by atoms with Gasteiger partial charge in [-0.15, -0.1) is 0 Å². The zero-order valence-corrected chi connectivity index (χ0v) is 18.0. The standard InChI is InChI=1S/C23H28N6O2/c1-17-6-3-8-20(14-17)29-13-12-28(18(2)16-29)11-5-10-25-22(30)23-26-21(27-31-23)19-7-4-9-24-15-19/h3-4,6-9,14-15,18H,5,10-13,16H2,1-2H3,(H,25,30)/t18-/m1/s1. The number of hydrogen-bond donors (Lipinski definition) is 1. The Morgan fingerprint density at radius 1 is 1.26 bits per heavy atom. The summed E-state index contributed by atoms with van der Waals surface area (Å²) in [5.74, 6) is -0.0162. The number of nitrogens with zero attached hydrogens (tertiary/aromatic N) is 5. The summed E-state index contributed by atoms with van der Waals surface area (Å²) in [4.78, 5) is 25.4. The highest BCUT2D eigenvalue weighted by atomic mass is 16.5. The second kappa shape index (κ2) is 9.70. The van der Waals surface area contributed by atoms with Crippen molar-refractivity contribution in [2.45, 2.75) is 26.3 Å². The van der Waals surface area contributed by atoms with Crippen LogP contribution in [-0.4, -0.2) is 64.7 Å². The van der Waals surface area contributed by atoms with Crippen LogP contribution in [0, 0.1) is 6.92 Å². The maximum atomic E-state index is 12.3. The average molecular weight is 421 g/mol. The zero-order chi connectivity index (χ0) is 21.6. The Balaban J connectivity index is 1.21. The smallest absolute Gasteiger partial charge is 0.316 e. The van der Waals surface area contributed by atoms with E-state index in [4.69, 9.17) is 4.52 Å². The van der Waals surface area contributed by atoms with Crippen molar-refractivity contribution in [3.8, 4) is 11.4 Å². The van der Waals surface area contributed by atoms with Crippen LogP contribution in [0.5, 0.6) is 0 Å². The number of anilines is 1. The van der Waals surface area contributed by atoms with Crippen LogP contribution >= 0.6 is 0 Å². The lowest BCUT2D eigenvalue weighted by Gasteiger charge is -2.41. The molecule has 1 saturated heterocycles. The molecule has 0 unspecified atom stereocenters. The number of hydrogen-bond acceptors (Lipinski definition) is 7. The number of rotatable bonds is 7. The maximum Gasteiger partial charge on any atom is 0.316 e. The molecule has 0 aliphatic carbocycles. The van der Waals surface area contributed by atoms with Crippen LogP contribution in [0.2, 0.25) is 0 Å². The van der Waals surface area contributed by atoms with E-state index in [0.717, 1.165) is 32.6 Å². The number of carbonyl (C=O) groups is 1. The molecule has 31 heavy (non-hydrogen) atoms. The molecule has 2 aromatic heterocycles. The van der Waals surface area contributed by atoms with E-state index in [1.54, 1.807) is 18.5 Å². The molecule has 1 fully saturated rings. The van der Waals surface area contributed by atoms with Gasteiger partial charge in [-0.05, 0) is 50.1 Å². The van der Waals surface area contributed by atoms with Gasteiger partial charge >= 0.3 is 11.8 Å². The fourth-order valence-electron chi connectivity index (χ4n) is 3.87. The van der Waals surface area contributed by atoms with Crippen LogP contribution in [0.3, 0.4) is 0 Å². The lowest BCUT2D eigenvalue weighted by molar-refractivity contribution is 0.0906. The molecule has 3 aromatic rings. The Morgan fingerprint density at radius 2 is 2.16 bits per heavy atom. The molecule has 1 aromatic carbocycles. The van der Waals surface area contributed by atoms with Crippen LogP contribution in [0.25, 0.3) is 11.4 Å². The first-order chi connectivity index (χ1) is 15.1. The quantitative estimate of drug-likeness (QED) is 0.588. The van der Waals surface area contributed by atoms with Crippen LogP contribution in [0.1, 0.15) is 29.6 Å². The first-order valence-electron chi connectivity index (χ1n) is 10.7. The minimum Gasteiger partial charge on any atom is -0.369 e. The predicted molar refractivity (Wildman–Crippen MR) is 119 cm³/mol. The molecule has 0 spiro atoms. The van der Waals surface area contributed by atoms with Gasteiger partial charge in [0.1, 0.15) is 0 Å². The van der Waals surface area contributed by atoms with Crippen molar-refractivity contribution in [1.29, 1.82) is 0 Å². The van der Waals surface area contributed by atoms with Gasteiger partial charge in [0.05, 0.1) is 0 Å². The fraction of sp³-hybridized carbons (Fsp3) is 0.391. The van der Waals surface area contributed by atoms with Gasteiger partial charge in [0.2, 0.25) is 5.82 Å². The second-order valence-corrected chi connectivity index (χ2v) is 7.94. The third-order valence-corrected chi connectivity index (χ3v) is 5.58. The zero-order valence-electron chi connectivity index (χ0n) is 18.0. The largest absolute Gasteiger partial charge is 0.369 e. The third-order valence-electron chi connectivity index (χ3n) is 5.58. The number of aryl methyl sites for hydroxylation is 1. The minimum atomic E-state index is -0.347. The van der Waals surface area contributed by atoms with Gasteiger partial charge in [0.15, 0.2) is 0 Å². The van der Waals surface area contributed by atoms with Crippen molar-refractivity contribution in [2.75, 3.05) is 37.6 Å². The molecule has 8 heteroatoms. The Labute approximate surface area is 182 Å². The number of piperazine rings is 1. The number of pyridine rings is 1. The van der Waals surface area contributed by atoms with Crippen molar-refractivity contribution < 1.29 is 9.32 Å². The van der Waals surface area contributed by atoms with Crippen molar-refractivity contribution in [3.63, 3.8) is 0 Å². The molecule has 3 heterocycles. The van der Waals surface area contributed by atoms with Crippen LogP contribution in [0.4, 0.5) is 5.69 Å². The second-order valence-electron chi connectivity index (χ2n) is 7.94. The molecule has 1 aliphatic rings. The Morgan fingerprint density at radius 3 is 2.94 bits per heavy atom. The van der Waals surface area contributed by atoms with E-state index in [1.807, 2.05) is 6.07 Å². The number of amides is 1. The van der Waals surface area contributed by atoms with Gasteiger partial charge in [0.25, 0.3) is 0 Å². The molecular formula is C23H28N6O2. The Bertz CT molecular complexity index is 1010. The number of nitrogens with one attached hydrogen (secondary N) is 1. The topological polar surface area (TPSA) is 87.4 Å². The lowest BCUT2D eigenvalue weighted by atomic mass is 10.1. The van der Waals surface area contributed by atoms with Gasteiger partial charge in [-0.25, -0.2) is 0 Å². The first kappa shape index (κ1) is 21.0. The SMILES string of the molecule is Cc1cccc(N2CCN(CCCNC(=O)c3nc(-c4cccnc4)no3)[C@H](C)C2)c1. The van der Waals surface area contributed by atoms with Gasteiger partial charge in [-0.2, -0.15) is 4.98 Å². The number of benzene rings is 1. The highest BCUT2D eigenvalue weighted by Gasteiger charge is 2.23. The predicted octanol–water partition coefficient (Wildman–Crippen LogP) is 2.77. The third kappa shape index (κ3) is 5.27. The van der Waals surface area contributed by atoms with E-state index in [2.05, 4.69) is 68.4 Å². The molecule has 4 rings (SSSR count). The fourth-order valence-corrected chi connectivity index (χ4v) is 3.87. The van der Waals surface area contributed by atoms with Gasteiger partial charge in [-0.3, -0.25) is 14.7 Å². The maximum absolute atomic E-state index is 12.3. The van der Waals surface area contributed by atoms with E-state index >= 15 is 0 Å². The van der Waals surface area contributed by atoms with Gasteiger partial charge < -0.3 is 14.7 Å². The Kier molecular flexibility index (Phi) is 6.57. The summed E-state index contributed by atoms with van der Waals surface area (Å²) in [6.45, 7) is 8.93. The summed E-state index contributed by atoms with van der Waals surface area (Å²) < 4.78 is 5.09. The number of aromatic nitrogens is 3. The normalized spacial score (nSPS) is 17.0. The van der Waals surface area contributed by atoms with E-state index in [0.29, 0.717) is 24.0 Å². The molecule has 162 valence electrons. The summed E-state index contributed by atoms with van der Waals surface area (Å²) in [5, 5.41) is 6.73. The Hall–Kier alpha value is -3.26. The lowest BCUT2D eigenvalue weighted by Crippen LogP contribution is -2.52. The summed E-state index contributed by atoms with van der Waals surface area (Å²) in [7, 11) is 0. The average Bonchev–Trinajstić information content (AvgIpc) is 3.28. The molecule has 1 aliphatic heterocycles. The highest BCUT2D eigenvalue weighted by molar-refractivity contribution is 5.89. The van der Waals surface area contributed by atoms with Crippen LogP contribution in [-0.2, 0) is 0 Å². The van der Waals surface area contributed by atoms with Crippen molar-refractivity contribution in [2.24, 2.45) is 0 Å². The molecule has 0 bridgehead atoms.